The third kappa shape index (κ3) is 5.59. The van der Waals surface area contributed by atoms with E-state index in [1.807, 2.05) is 0 Å². The van der Waals surface area contributed by atoms with Crippen LogP contribution in [0.3, 0.4) is 0 Å². The Hall–Kier alpha value is -2.79. The van der Waals surface area contributed by atoms with Gasteiger partial charge in [0, 0.05) is 19.4 Å². The van der Waals surface area contributed by atoms with Crippen molar-refractivity contribution in [2.75, 3.05) is 5.32 Å². The Bertz CT molecular complexity index is 941. The van der Waals surface area contributed by atoms with Crippen LogP contribution >= 0.6 is 22.7 Å². The van der Waals surface area contributed by atoms with Crippen LogP contribution in [0.4, 0.5) is 9.52 Å². The molecule has 0 spiro atoms. The average Bonchev–Trinajstić information content (AvgIpc) is 3.28. The summed E-state index contributed by atoms with van der Waals surface area (Å²) in [6.07, 6.45) is 0.588. The maximum absolute atomic E-state index is 12.8. The number of hydrogen-bond donors (Lipinski definition) is 2. The summed E-state index contributed by atoms with van der Waals surface area (Å²) in [6.45, 7) is 2.11. The van der Waals surface area contributed by atoms with E-state index in [1.54, 1.807) is 19.1 Å². The highest BCUT2D eigenvalue weighted by molar-refractivity contribution is 7.15. The number of carbonyl (C=O) groups is 2. The largest absolute Gasteiger partial charge is 0.352 e. The summed E-state index contributed by atoms with van der Waals surface area (Å²) < 4.78 is 12.8. The number of benzene rings is 1. The number of nitrogens with zero attached hydrogens (tertiary/aromatic N) is 4. The molecule has 3 rings (SSSR count). The minimum atomic E-state index is -0.407. The molecule has 0 atom stereocenters. The minimum Gasteiger partial charge on any atom is -0.352 e. The molecule has 3 aromatic rings. The molecule has 1 aromatic carbocycles. The van der Waals surface area contributed by atoms with Gasteiger partial charge in [-0.3, -0.25) is 14.9 Å². The summed E-state index contributed by atoms with van der Waals surface area (Å²) in [4.78, 5) is 24.0. The number of halogens is 1. The van der Waals surface area contributed by atoms with Gasteiger partial charge < -0.3 is 5.32 Å². The maximum Gasteiger partial charge on any atom is 0.288 e. The van der Waals surface area contributed by atoms with Gasteiger partial charge in [0.2, 0.25) is 16.0 Å². The fraction of sp³-hybridized carbons (Fsp3) is 0.250. The van der Waals surface area contributed by atoms with E-state index in [4.69, 9.17) is 0 Å². The lowest BCUT2D eigenvalue weighted by molar-refractivity contribution is -0.121. The molecule has 0 bridgehead atoms. The molecule has 0 aliphatic heterocycles. The lowest BCUT2D eigenvalue weighted by Gasteiger charge is -2.04. The first-order valence-electron chi connectivity index (χ1n) is 7.94. The number of anilines is 1. The predicted octanol–water partition coefficient (Wildman–Crippen LogP) is 2.34. The van der Waals surface area contributed by atoms with Gasteiger partial charge in [-0.1, -0.05) is 34.8 Å². The Balaban J connectivity index is 1.45. The van der Waals surface area contributed by atoms with Crippen LogP contribution in [0.15, 0.2) is 24.3 Å². The van der Waals surface area contributed by atoms with E-state index < -0.39 is 5.91 Å². The predicted molar refractivity (Wildman–Crippen MR) is 99.1 cm³/mol. The first-order chi connectivity index (χ1) is 13.0. The Labute approximate surface area is 161 Å². The van der Waals surface area contributed by atoms with Crippen LogP contribution in [-0.2, 0) is 17.8 Å². The maximum atomic E-state index is 12.8. The smallest absolute Gasteiger partial charge is 0.288 e. The molecule has 2 aromatic heterocycles. The van der Waals surface area contributed by atoms with Crippen molar-refractivity contribution >= 4 is 39.6 Å². The van der Waals surface area contributed by atoms with Crippen molar-refractivity contribution in [2.45, 2.75) is 26.3 Å². The Kier molecular flexibility index (Phi) is 6.14. The highest BCUT2D eigenvalue weighted by atomic mass is 32.1. The molecule has 2 amide bonds. The summed E-state index contributed by atoms with van der Waals surface area (Å²) in [5, 5.41) is 22.7. The van der Waals surface area contributed by atoms with Gasteiger partial charge >= 0.3 is 0 Å². The number of aromatic nitrogens is 4. The van der Waals surface area contributed by atoms with E-state index in [-0.39, 0.29) is 23.2 Å². The molecule has 0 unspecified atom stereocenters. The van der Waals surface area contributed by atoms with Crippen LogP contribution in [0.2, 0.25) is 0 Å². The molecule has 2 heterocycles. The zero-order valence-corrected chi connectivity index (χ0v) is 15.9. The molecule has 0 aliphatic carbocycles. The third-order valence-electron chi connectivity index (χ3n) is 3.38. The number of amides is 2. The van der Waals surface area contributed by atoms with Crippen LogP contribution in [0.5, 0.6) is 0 Å². The Morgan fingerprint density at radius 3 is 2.56 bits per heavy atom. The minimum absolute atomic E-state index is 0.162. The van der Waals surface area contributed by atoms with Crippen LogP contribution < -0.4 is 10.6 Å². The van der Waals surface area contributed by atoms with E-state index in [9.17, 15) is 14.0 Å². The first-order valence-corrected chi connectivity index (χ1v) is 9.58. The third-order valence-corrected chi connectivity index (χ3v) is 5.11. The molecule has 140 valence electrons. The summed E-state index contributed by atoms with van der Waals surface area (Å²) >= 11 is 2.39. The number of carbonyl (C=O) groups excluding carboxylic acids is 2. The zero-order chi connectivity index (χ0) is 19.2. The van der Waals surface area contributed by atoms with Crippen molar-refractivity contribution in [3.8, 4) is 0 Å². The second-order valence-electron chi connectivity index (χ2n) is 5.48. The molecule has 0 fully saturated rings. The van der Waals surface area contributed by atoms with Gasteiger partial charge in [0.05, 0.1) is 0 Å². The molecule has 8 nitrogen and oxygen atoms in total. The molecule has 0 radical (unpaired) electrons. The molecular formula is C16H15FN6O2S2. The first kappa shape index (κ1) is 19.0. The highest BCUT2D eigenvalue weighted by Gasteiger charge is 2.15. The summed E-state index contributed by atoms with van der Waals surface area (Å²) in [7, 11) is 0. The van der Waals surface area contributed by atoms with Crippen molar-refractivity contribution in [3.63, 3.8) is 0 Å². The lowest BCUT2D eigenvalue weighted by atomic mass is 10.2. The van der Waals surface area contributed by atoms with Crippen molar-refractivity contribution in [1.82, 2.24) is 25.7 Å². The number of hydrogen-bond acceptors (Lipinski definition) is 8. The quantitative estimate of drug-likeness (QED) is 0.623. The second-order valence-corrected chi connectivity index (χ2v) is 7.73. The zero-order valence-electron chi connectivity index (χ0n) is 14.2. The van der Waals surface area contributed by atoms with Gasteiger partial charge in [0.1, 0.15) is 15.8 Å². The highest BCUT2D eigenvalue weighted by Crippen LogP contribution is 2.17. The molecular weight excluding hydrogens is 391 g/mol. The fourth-order valence-electron chi connectivity index (χ4n) is 2.06. The number of aryl methyl sites for hydroxylation is 2. The van der Waals surface area contributed by atoms with Crippen LogP contribution in [-0.4, -0.2) is 32.2 Å². The number of rotatable bonds is 7. The van der Waals surface area contributed by atoms with E-state index in [2.05, 4.69) is 31.0 Å². The molecule has 2 N–H and O–H groups in total. The van der Waals surface area contributed by atoms with Crippen LogP contribution in [0.25, 0.3) is 0 Å². The van der Waals surface area contributed by atoms with E-state index in [0.29, 0.717) is 23.1 Å². The summed E-state index contributed by atoms with van der Waals surface area (Å²) in [6, 6.07) is 5.92. The van der Waals surface area contributed by atoms with Crippen LogP contribution in [0.1, 0.15) is 31.8 Å². The summed E-state index contributed by atoms with van der Waals surface area (Å²) in [5.74, 6) is -0.886. The molecule has 0 aliphatic rings. The topological polar surface area (TPSA) is 110 Å². The molecule has 0 saturated heterocycles. The van der Waals surface area contributed by atoms with Crippen molar-refractivity contribution in [3.05, 3.63) is 50.7 Å². The van der Waals surface area contributed by atoms with Crippen molar-refractivity contribution in [2.24, 2.45) is 0 Å². The lowest BCUT2D eigenvalue weighted by Crippen LogP contribution is -2.22. The van der Waals surface area contributed by atoms with Gasteiger partial charge in [0.15, 0.2) is 0 Å². The normalized spacial score (nSPS) is 10.6. The Morgan fingerprint density at radius 1 is 1.07 bits per heavy atom. The standard InChI is InChI=1S/C16H15FN6O2S2/c1-9-20-23-16(26-9)19-14(25)15-22-21-13(27-15)7-6-12(24)18-8-10-2-4-11(17)5-3-10/h2-5H,6-8H2,1H3,(H,18,24)(H,19,23,25). The van der Waals surface area contributed by atoms with Gasteiger partial charge in [-0.2, -0.15) is 0 Å². The fourth-order valence-corrected chi connectivity index (χ4v) is 3.38. The molecule has 27 heavy (non-hydrogen) atoms. The van der Waals surface area contributed by atoms with E-state index in [1.165, 1.54) is 23.5 Å². The average molecular weight is 406 g/mol. The SMILES string of the molecule is Cc1nnc(NC(=O)c2nnc(CCC(=O)NCc3ccc(F)cc3)s2)s1. The van der Waals surface area contributed by atoms with Gasteiger partial charge in [-0.15, -0.1) is 20.4 Å². The Morgan fingerprint density at radius 2 is 1.85 bits per heavy atom. The van der Waals surface area contributed by atoms with Gasteiger partial charge in [0.25, 0.3) is 5.91 Å². The van der Waals surface area contributed by atoms with Crippen molar-refractivity contribution in [1.29, 1.82) is 0 Å². The van der Waals surface area contributed by atoms with Gasteiger partial charge in [-0.05, 0) is 24.6 Å². The van der Waals surface area contributed by atoms with Crippen LogP contribution in [0, 0.1) is 12.7 Å². The second kappa shape index (κ2) is 8.73. The van der Waals surface area contributed by atoms with E-state index in [0.717, 1.165) is 21.9 Å². The number of nitrogens with one attached hydrogen (secondary N) is 2. The van der Waals surface area contributed by atoms with E-state index >= 15 is 0 Å². The molecule has 11 heteroatoms. The monoisotopic (exact) mass is 406 g/mol. The summed E-state index contributed by atoms with van der Waals surface area (Å²) in [5.41, 5.74) is 0.812. The molecule has 0 saturated carbocycles. The van der Waals surface area contributed by atoms with Gasteiger partial charge in [-0.25, -0.2) is 4.39 Å². The van der Waals surface area contributed by atoms with Crippen molar-refractivity contribution < 1.29 is 14.0 Å².